The molecule has 2 bridgehead atoms. The van der Waals surface area contributed by atoms with Crippen LogP contribution in [0.4, 0.5) is 0 Å². The maximum atomic E-state index is 13.0. The summed E-state index contributed by atoms with van der Waals surface area (Å²) < 4.78 is 29.4. The molecule has 5 saturated heterocycles. The molecule has 11 nitrogen and oxygen atoms in total. The maximum Gasteiger partial charge on any atom is 0.308 e. The van der Waals surface area contributed by atoms with Gasteiger partial charge in [-0.05, 0) is 55.7 Å². The van der Waals surface area contributed by atoms with Crippen molar-refractivity contribution in [2.75, 3.05) is 33.0 Å². The SMILES string of the molecule is C[C@H]1[C@H](OC(=O)CCC(=O)N2CCN(Cc3ccc4c(c3)OCO4)CC2)O[C@@H]2O[C@]3(C)CC[C@H]4[C@H](C)CC[C@H]1[C@@]24OO3. The van der Waals surface area contributed by atoms with E-state index in [4.69, 9.17) is 33.5 Å². The second-order valence-corrected chi connectivity index (χ2v) is 13.1. The number of rotatable bonds is 6. The van der Waals surface area contributed by atoms with Crippen molar-refractivity contribution in [1.82, 2.24) is 9.80 Å². The van der Waals surface area contributed by atoms with Gasteiger partial charge in [-0.1, -0.05) is 19.9 Å². The standard InChI is InChI=1S/C31H42N2O9/c1-19-4-6-23-20(2)28(39-29-31(23)22(19)10-11-30(3,40-29)41-42-31)38-27(35)9-8-26(34)33-14-12-32(13-15-33)17-21-5-7-24-25(16-21)37-18-36-24/h5,7,16,19-20,22-23,28-29H,4,6,8-15,17-18H2,1-3H3/t19-,20-,22+,23-,28-,29-,30+,31-/m1/s1. The van der Waals surface area contributed by atoms with Crippen LogP contribution in [-0.2, 0) is 40.1 Å². The zero-order chi connectivity index (χ0) is 29.1. The number of hydrogen-bond donors (Lipinski definition) is 0. The summed E-state index contributed by atoms with van der Waals surface area (Å²) in [6, 6.07) is 6.01. The summed E-state index contributed by atoms with van der Waals surface area (Å²) in [5.41, 5.74) is 0.456. The average Bonchev–Trinajstić information content (AvgIpc) is 3.33. The molecular formula is C31H42N2O9. The number of carbonyl (C=O) groups excluding carboxylic acids is 2. The zero-order valence-corrected chi connectivity index (χ0v) is 24.8. The summed E-state index contributed by atoms with van der Waals surface area (Å²) in [6.07, 6.45) is 2.38. The molecule has 42 heavy (non-hydrogen) atoms. The van der Waals surface area contributed by atoms with Crippen LogP contribution < -0.4 is 9.47 Å². The van der Waals surface area contributed by atoms with Crippen molar-refractivity contribution < 1.29 is 43.0 Å². The van der Waals surface area contributed by atoms with Crippen LogP contribution in [0.2, 0.25) is 0 Å². The minimum absolute atomic E-state index is 0.0150. The molecule has 0 unspecified atom stereocenters. The first-order valence-electron chi connectivity index (χ1n) is 15.5. The van der Waals surface area contributed by atoms with E-state index < -0.39 is 29.9 Å². The van der Waals surface area contributed by atoms with E-state index in [9.17, 15) is 9.59 Å². The van der Waals surface area contributed by atoms with Gasteiger partial charge in [-0.25, -0.2) is 9.78 Å². The van der Waals surface area contributed by atoms with E-state index in [1.165, 1.54) is 0 Å². The molecule has 1 spiro atoms. The number of esters is 1. The zero-order valence-electron chi connectivity index (χ0n) is 24.8. The summed E-state index contributed by atoms with van der Waals surface area (Å²) in [6.45, 7) is 10.0. The van der Waals surface area contributed by atoms with Crippen LogP contribution in [0.5, 0.6) is 11.5 Å². The summed E-state index contributed by atoms with van der Waals surface area (Å²) in [7, 11) is 0. The van der Waals surface area contributed by atoms with Crippen molar-refractivity contribution in [2.45, 2.75) is 89.8 Å². The van der Waals surface area contributed by atoms with Crippen molar-refractivity contribution in [2.24, 2.45) is 23.7 Å². The predicted molar refractivity (Wildman–Crippen MR) is 147 cm³/mol. The molecule has 8 atom stereocenters. The van der Waals surface area contributed by atoms with Gasteiger partial charge in [-0.15, -0.1) is 0 Å². The average molecular weight is 587 g/mol. The lowest BCUT2D eigenvalue weighted by Crippen LogP contribution is -2.70. The Labute approximate surface area is 246 Å². The number of carbonyl (C=O) groups is 2. The molecule has 1 saturated carbocycles. The third-order valence-corrected chi connectivity index (χ3v) is 10.5. The predicted octanol–water partition coefficient (Wildman–Crippen LogP) is 3.59. The minimum atomic E-state index is -0.881. The highest BCUT2D eigenvalue weighted by molar-refractivity contribution is 5.81. The van der Waals surface area contributed by atoms with Crippen LogP contribution in [0.1, 0.15) is 64.9 Å². The number of ether oxygens (including phenoxy) is 5. The summed E-state index contributed by atoms with van der Waals surface area (Å²) in [4.78, 5) is 42.1. The second kappa shape index (κ2) is 10.9. The summed E-state index contributed by atoms with van der Waals surface area (Å²) >= 11 is 0. The number of nitrogens with zero attached hydrogens (tertiary/aromatic N) is 2. The highest BCUT2D eigenvalue weighted by atomic mass is 17.3. The largest absolute Gasteiger partial charge is 0.454 e. The minimum Gasteiger partial charge on any atom is -0.454 e. The Morgan fingerprint density at radius 2 is 1.79 bits per heavy atom. The van der Waals surface area contributed by atoms with Crippen molar-refractivity contribution in [1.29, 1.82) is 0 Å². The Balaban J connectivity index is 0.904. The number of piperazine rings is 1. The number of hydrogen-bond acceptors (Lipinski definition) is 10. The smallest absolute Gasteiger partial charge is 0.308 e. The van der Waals surface area contributed by atoms with Gasteiger partial charge in [0.2, 0.25) is 24.8 Å². The van der Waals surface area contributed by atoms with Gasteiger partial charge in [0.05, 0.1) is 6.42 Å². The van der Waals surface area contributed by atoms with E-state index in [1.807, 2.05) is 30.0 Å². The molecule has 230 valence electrons. The topological polar surface area (TPSA) is 105 Å². The van der Waals surface area contributed by atoms with Crippen LogP contribution in [0.3, 0.4) is 0 Å². The Morgan fingerprint density at radius 1 is 0.976 bits per heavy atom. The second-order valence-electron chi connectivity index (χ2n) is 13.1. The molecule has 0 N–H and O–H groups in total. The number of amides is 1. The molecule has 1 aromatic carbocycles. The van der Waals surface area contributed by atoms with E-state index >= 15 is 0 Å². The fourth-order valence-electron chi connectivity index (χ4n) is 8.02. The Hall–Kier alpha value is -2.44. The molecule has 1 amide bonds. The molecule has 0 radical (unpaired) electrons. The number of fused-ring (bicyclic) bond motifs is 3. The van der Waals surface area contributed by atoms with Gasteiger partial charge in [0.1, 0.15) is 0 Å². The van der Waals surface area contributed by atoms with Gasteiger partial charge in [0, 0.05) is 57.4 Å². The van der Waals surface area contributed by atoms with Crippen molar-refractivity contribution in [3.63, 3.8) is 0 Å². The summed E-state index contributed by atoms with van der Waals surface area (Å²) in [5.74, 6) is 0.913. The monoisotopic (exact) mass is 586 g/mol. The van der Waals surface area contributed by atoms with Crippen LogP contribution >= 0.6 is 0 Å². The fourth-order valence-corrected chi connectivity index (χ4v) is 8.02. The molecule has 1 aliphatic carbocycles. The molecule has 7 aliphatic rings. The van der Waals surface area contributed by atoms with E-state index in [0.29, 0.717) is 19.0 Å². The van der Waals surface area contributed by atoms with Crippen molar-refractivity contribution >= 4 is 11.9 Å². The molecular weight excluding hydrogens is 544 g/mol. The van der Waals surface area contributed by atoms with E-state index in [1.54, 1.807) is 0 Å². The first kappa shape index (κ1) is 28.3. The lowest BCUT2D eigenvalue weighted by molar-refractivity contribution is -0.576. The molecule has 6 fully saturated rings. The van der Waals surface area contributed by atoms with E-state index in [-0.39, 0.29) is 43.3 Å². The molecule has 0 aromatic heterocycles. The third-order valence-electron chi connectivity index (χ3n) is 10.5. The molecule has 1 aromatic rings. The van der Waals surface area contributed by atoms with Crippen LogP contribution in [0, 0.1) is 23.7 Å². The van der Waals surface area contributed by atoms with Gasteiger partial charge < -0.3 is 28.6 Å². The molecule has 11 heteroatoms. The van der Waals surface area contributed by atoms with Crippen LogP contribution in [-0.4, -0.2) is 78.6 Å². The van der Waals surface area contributed by atoms with Gasteiger partial charge in [0.25, 0.3) is 0 Å². The van der Waals surface area contributed by atoms with Crippen LogP contribution in [0.25, 0.3) is 0 Å². The Kier molecular flexibility index (Phi) is 7.37. The van der Waals surface area contributed by atoms with Gasteiger partial charge in [0.15, 0.2) is 23.4 Å². The molecule has 6 aliphatic heterocycles. The quantitative estimate of drug-likeness (QED) is 0.363. The first-order chi connectivity index (χ1) is 20.2. The van der Waals surface area contributed by atoms with Gasteiger partial charge in [-0.3, -0.25) is 14.5 Å². The van der Waals surface area contributed by atoms with Crippen molar-refractivity contribution in [3.05, 3.63) is 23.8 Å². The van der Waals surface area contributed by atoms with Gasteiger partial charge in [-0.2, -0.15) is 0 Å². The first-order valence-corrected chi connectivity index (χ1v) is 15.5. The molecule has 6 heterocycles. The highest BCUT2D eigenvalue weighted by Crippen LogP contribution is 2.60. The Morgan fingerprint density at radius 3 is 2.62 bits per heavy atom. The summed E-state index contributed by atoms with van der Waals surface area (Å²) in [5, 5.41) is 0. The van der Waals surface area contributed by atoms with E-state index in [0.717, 1.165) is 62.4 Å². The number of benzene rings is 1. The lowest BCUT2D eigenvalue weighted by atomic mass is 9.58. The normalized spacial score (nSPS) is 39.0. The van der Waals surface area contributed by atoms with Crippen molar-refractivity contribution in [3.8, 4) is 11.5 Å². The Bertz CT molecular complexity index is 1200. The molecule has 8 rings (SSSR count). The maximum absolute atomic E-state index is 13.0. The lowest BCUT2D eigenvalue weighted by Gasteiger charge is -2.59. The van der Waals surface area contributed by atoms with Gasteiger partial charge >= 0.3 is 5.97 Å². The van der Waals surface area contributed by atoms with E-state index in [2.05, 4.69) is 18.7 Å². The highest BCUT2D eigenvalue weighted by Gasteiger charge is 2.69. The third kappa shape index (κ3) is 4.96. The fraction of sp³-hybridized carbons (Fsp3) is 0.742. The van der Waals surface area contributed by atoms with Crippen LogP contribution in [0.15, 0.2) is 18.2 Å².